The quantitative estimate of drug-likeness (QED) is 0.775. The van der Waals surface area contributed by atoms with Gasteiger partial charge in [-0.15, -0.1) is 0 Å². The number of hydrogen-bond acceptors (Lipinski definition) is 5. The van der Waals surface area contributed by atoms with Crippen LogP contribution >= 0.6 is 0 Å². The van der Waals surface area contributed by atoms with Crippen LogP contribution in [0, 0.1) is 5.92 Å². The van der Waals surface area contributed by atoms with Gasteiger partial charge >= 0.3 is 0 Å². The first kappa shape index (κ1) is 15.7. The van der Waals surface area contributed by atoms with E-state index in [1.807, 2.05) is 6.07 Å². The highest BCUT2D eigenvalue weighted by Gasteiger charge is 2.33. The number of pyridine rings is 1. The first-order valence-corrected chi connectivity index (χ1v) is 7.32. The molecule has 0 saturated carbocycles. The molecule has 0 bridgehead atoms. The molecule has 0 aromatic carbocycles. The number of carbonyl (C=O) groups excluding carboxylic acids is 1. The third-order valence-corrected chi connectivity index (χ3v) is 3.55. The van der Waals surface area contributed by atoms with Crippen molar-refractivity contribution in [3.05, 3.63) is 23.9 Å². The fourth-order valence-electron chi connectivity index (χ4n) is 2.30. The van der Waals surface area contributed by atoms with Gasteiger partial charge in [-0.2, -0.15) is 0 Å². The zero-order valence-electron chi connectivity index (χ0n) is 12.6. The summed E-state index contributed by atoms with van der Waals surface area (Å²) in [5.41, 5.74) is 0.945. The van der Waals surface area contributed by atoms with Crippen molar-refractivity contribution in [3.8, 4) is 5.88 Å². The van der Waals surface area contributed by atoms with Gasteiger partial charge in [-0.25, -0.2) is 4.98 Å². The normalized spacial score (nSPS) is 21.2. The van der Waals surface area contributed by atoms with Gasteiger partial charge in [0.1, 0.15) is 0 Å². The van der Waals surface area contributed by atoms with Gasteiger partial charge in [0.15, 0.2) is 0 Å². The predicted molar refractivity (Wildman–Crippen MR) is 79.0 cm³/mol. The third-order valence-electron chi connectivity index (χ3n) is 3.55. The summed E-state index contributed by atoms with van der Waals surface area (Å²) in [6.07, 6.45) is 2.75. The lowest BCUT2D eigenvalue weighted by Crippen LogP contribution is -2.44. The van der Waals surface area contributed by atoms with Gasteiger partial charge in [0.05, 0.1) is 26.2 Å². The van der Waals surface area contributed by atoms with E-state index >= 15 is 0 Å². The van der Waals surface area contributed by atoms with Crippen LogP contribution in [-0.4, -0.2) is 43.8 Å². The van der Waals surface area contributed by atoms with E-state index in [9.17, 15) is 4.79 Å². The van der Waals surface area contributed by atoms with Gasteiger partial charge in [-0.3, -0.25) is 4.79 Å². The minimum Gasteiger partial charge on any atom is -0.481 e. The summed E-state index contributed by atoms with van der Waals surface area (Å²) >= 11 is 0. The lowest BCUT2D eigenvalue weighted by atomic mass is 10.0. The Labute approximate surface area is 125 Å². The maximum Gasteiger partial charge on any atom is 0.227 e. The summed E-state index contributed by atoms with van der Waals surface area (Å²) < 4.78 is 10.4. The average Bonchev–Trinajstić information content (AvgIpc) is 2.99. The lowest BCUT2D eigenvalue weighted by Gasteiger charge is -2.18. The molecule has 2 heterocycles. The van der Waals surface area contributed by atoms with Crippen LogP contribution in [0.1, 0.15) is 18.9 Å². The second-order valence-corrected chi connectivity index (χ2v) is 5.13. The summed E-state index contributed by atoms with van der Waals surface area (Å²) in [5.74, 6) is 0.470. The molecule has 1 aliphatic rings. The molecule has 1 saturated heterocycles. The van der Waals surface area contributed by atoms with Crippen molar-refractivity contribution in [2.75, 3.05) is 26.9 Å². The van der Waals surface area contributed by atoms with E-state index < -0.39 is 0 Å². The molecule has 1 fully saturated rings. The van der Waals surface area contributed by atoms with E-state index in [0.717, 1.165) is 18.5 Å². The van der Waals surface area contributed by atoms with Crippen LogP contribution in [-0.2, 0) is 16.1 Å². The van der Waals surface area contributed by atoms with Crippen molar-refractivity contribution in [2.45, 2.75) is 25.9 Å². The Morgan fingerprint density at radius 1 is 1.48 bits per heavy atom. The Morgan fingerprint density at radius 2 is 2.33 bits per heavy atom. The zero-order chi connectivity index (χ0) is 15.1. The van der Waals surface area contributed by atoms with Gasteiger partial charge in [0.2, 0.25) is 11.8 Å². The molecule has 0 aliphatic carbocycles. The molecule has 1 aromatic heterocycles. The monoisotopic (exact) mass is 293 g/mol. The summed E-state index contributed by atoms with van der Waals surface area (Å²) in [7, 11) is 1.58. The number of ether oxygens (including phenoxy) is 2. The highest BCUT2D eigenvalue weighted by atomic mass is 16.5. The number of methoxy groups -OCH3 is 1. The van der Waals surface area contributed by atoms with Gasteiger partial charge < -0.3 is 20.1 Å². The molecule has 6 heteroatoms. The molecular formula is C15H23N3O3. The fourth-order valence-corrected chi connectivity index (χ4v) is 2.30. The molecule has 21 heavy (non-hydrogen) atoms. The van der Waals surface area contributed by atoms with Crippen molar-refractivity contribution in [1.29, 1.82) is 0 Å². The molecule has 2 N–H and O–H groups in total. The van der Waals surface area contributed by atoms with Crippen LogP contribution in [0.25, 0.3) is 0 Å². The van der Waals surface area contributed by atoms with Crippen LogP contribution in [0.2, 0.25) is 0 Å². The van der Waals surface area contributed by atoms with Gasteiger partial charge in [-0.05, 0) is 18.5 Å². The van der Waals surface area contributed by atoms with Crippen molar-refractivity contribution in [1.82, 2.24) is 15.6 Å². The molecule has 0 radical (unpaired) electrons. The lowest BCUT2D eigenvalue weighted by molar-refractivity contribution is -0.125. The minimum atomic E-state index is -0.122. The Morgan fingerprint density at radius 3 is 3.00 bits per heavy atom. The molecule has 2 rings (SSSR count). The molecule has 116 valence electrons. The first-order valence-electron chi connectivity index (χ1n) is 7.32. The maximum absolute atomic E-state index is 12.2. The van der Waals surface area contributed by atoms with Crippen LogP contribution in [0.15, 0.2) is 18.3 Å². The highest BCUT2D eigenvalue weighted by Crippen LogP contribution is 2.14. The maximum atomic E-state index is 12.2. The number of nitrogens with zero attached hydrogens (tertiary/aromatic N) is 1. The SMILES string of the molecule is CCCNC1COCC1C(=O)NCc1ccc(OC)nc1. The van der Waals surface area contributed by atoms with Crippen LogP contribution in [0.4, 0.5) is 0 Å². The third kappa shape index (κ3) is 4.41. The number of amides is 1. The molecule has 0 spiro atoms. The topological polar surface area (TPSA) is 72.5 Å². The molecule has 1 aromatic rings. The van der Waals surface area contributed by atoms with Crippen molar-refractivity contribution < 1.29 is 14.3 Å². The van der Waals surface area contributed by atoms with E-state index in [-0.39, 0.29) is 17.9 Å². The van der Waals surface area contributed by atoms with E-state index in [1.165, 1.54) is 0 Å². The van der Waals surface area contributed by atoms with E-state index in [1.54, 1.807) is 19.4 Å². The molecular weight excluding hydrogens is 270 g/mol. The molecule has 1 amide bonds. The Bertz CT molecular complexity index is 450. The zero-order valence-corrected chi connectivity index (χ0v) is 12.6. The standard InChI is InChI=1S/C15H23N3O3/c1-3-6-16-13-10-21-9-12(13)15(19)18-8-11-4-5-14(20-2)17-7-11/h4-5,7,12-13,16H,3,6,8-10H2,1-2H3,(H,18,19). The summed E-state index contributed by atoms with van der Waals surface area (Å²) in [6, 6.07) is 3.79. The first-order chi connectivity index (χ1) is 10.2. The smallest absolute Gasteiger partial charge is 0.227 e. The highest BCUT2D eigenvalue weighted by molar-refractivity contribution is 5.79. The average molecular weight is 293 g/mol. The molecule has 2 atom stereocenters. The van der Waals surface area contributed by atoms with Crippen molar-refractivity contribution >= 4 is 5.91 Å². The van der Waals surface area contributed by atoms with Crippen LogP contribution < -0.4 is 15.4 Å². The number of nitrogens with one attached hydrogen (secondary N) is 2. The number of rotatable bonds is 7. The second-order valence-electron chi connectivity index (χ2n) is 5.13. The number of aromatic nitrogens is 1. The van der Waals surface area contributed by atoms with Gasteiger partial charge in [-0.1, -0.05) is 13.0 Å². The Kier molecular flexibility index (Phi) is 5.95. The summed E-state index contributed by atoms with van der Waals surface area (Å²) in [5, 5.41) is 6.31. The number of hydrogen-bond donors (Lipinski definition) is 2. The van der Waals surface area contributed by atoms with Crippen LogP contribution in [0.3, 0.4) is 0 Å². The van der Waals surface area contributed by atoms with Crippen molar-refractivity contribution in [2.24, 2.45) is 5.92 Å². The van der Waals surface area contributed by atoms with Crippen molar-refractivity contribution in [3.63, 3.8) is 0 Å². The van der Waals surface area contributed by atoms with E-state index in [2.05, 4.69) is 22.5 Å². The molecule has 1 aliphatic heterocycles. The molecule has 6 nitrogen and oxygen atoms in total. The summed E-state index contributed by atoms with van der Waals surface area (Å²) in [4.78, 5) is 16.4. The van der Waals surface area contributed by atoms with E-state index in [4.69, 9.17) is 9.47 Å². The second kappa shape index (κ2) is 7.95. The Balaban J connectivity index is 1.82. The largest absolute Gasteiger partial charge is 0.481 e. The number of carbonyl (C=O) groups is 1. The van der Waals surface area contributed by atoms with Gasteiger partial charge in [0, 0.05) is 24.8 Å². The van der Waals surface area contributed by atoms with Gasteiger partial charge in [0.25, 0.3) is 0 Å². The van der Waals surface area contributed by atoms with E-state index in [0.29, 0.717) is 25.6 Å². The molecule has 2 unspecified atom stereocenters. The predicted octanol–water partition coefficient (Wildman–Crippen LogP) is 0.721. The fraction of sp³-hybridized carbons (Fsp3) is 0.600. The van der Waals surface area contributed by atoms with Crippen LogP contribution in [0.5, 0.6) is 5.88 Å². The minimum absolute atomic E-state index is 0.0249. The summed E-state index contributed by atoms with van der Waals surface area (Å²) in [6.45, 7) is 4.55. The Hall–Kier alpha value is -1.66.